The van der Waals surface area contributed by atoms with Crippen molar-refractivity contribution in [3.63, 3.8) is 0 Å². The summed E-state index contributed by atoms with van der Waals surface area (Å²) in [4.78, 5) is 14.1. The number of hydrogen-bond donors (Lipinski definition) is 3. The van der Waals surface area contributed by atoms with Crippen molar-refractivity contribution in [3.8, 4) is 0 Å². The van der Waals surface area contributed by atoms with Crippen molar-refractivity contribution in [1.29, 1.82) is 0 Å². The van der Waals surface area contributed by atoms with Gasteiger partial charge in [0.25, 0.3) is 0 Å². The molecule has 0 aromatic heterocycles. The fraction of sp³-hybridized carbons (Fsp3) is 0.667. The van der Waals surface area contributed by atoms with Gasteiger partial charge in [-0.1, -0.05) is 0 Å². The normalized spacial score (nSPS) is 10.7. The Bertz CT molecular complexity index is 182. The first-order valence-corrected chi connectivity index (χ1v) is 3.15. The number of nitrogens with zero attached hydrogens (tertiary/aromatic N) is 1. The van der Waals surface area contributed by atoms with E-state index in [-0.39, 0.29) is 12.5 Å². The molecule has 0 aliphatic rings. The van der Waals surface area contributed by atoms with Gasteiger partial charge in [0.15, 0.2) is 5.96 Å². The number of hydrogen-bond acceptors (Lipinski definition) is 2. The Morgan fingerprint density at radius 1 is 1.55 bits per heavy atom. The topological polar surface area (TPSA) is 102 Å². The third-order valence-corrected chi connectivity index (χ3v) is 1.24. The minimum atomic E-state index is -0.914. The van der Waals surface area contributed by atoms with E-state index in [9.17, 15) is 4.79 Å². The van der Waals surface area contributed by atoms with Crippen LogP contribution in [0.25, 0.3) is 0 Å². The van der Waals surface area contributed by atoms with Gasteiger partial charge in [0.2, 0.25) is 0 Å². The second-order valence-electron chi connectivity index (χ2n) is 2.93. The van der Waals surface area contributed by atoms with Crippen LogP contribution in [0.5, 0.6) is 0 Å². The largest absolute Gasteiger partial charge is 0.481 e. The van der Waals surface area contributed by atoms with E-state index < -0.39 is 11.4 Å². The highest BCUT2D eigenvalue weighted by Crippen LogP contribution is 2.14. The second-order valence-corrected chi connectivity index (χ2v) is 2.93. The molecule has 0 atom stereocenters. The smallest absolute Gasteiger partial charge is 0.310 e. The number of rotatable bonds is 3. The van der Waals surface area contributed by atoms with Crippen molar-refractivity contribution in [2.24, 2.45) is 21.9 Å². The van der Waals surface area contributed by atoms with Gasteiger partial charge in [0.1, 0.15) is 0 Å². The van der Waals surface area contributed by atoms with E-state index in [1.165, 1.54) is 0 Å². The molecule has 5 nitrogen and oxygen atoms in total. The van der Waals surface area contributed by atoms with Crippen LogP contribution in [0.4, 0.5) is 0 Å². The van der Waals surface area contributed by atoms with Crippen molar-refractivity contribution < 1.29 is 9.90 Å². The second kappa shape index (κ2) is 3.23. The van der Waals surface area contributed by atoms with Gasteiger partial charge in [-0.15, -0.1) is 0 Å². The van der Waals surface area contributed by atoms with Gasteiger partial charge in [0.05, 0.1) is 12.0 Å². The molecule has 0 heterocycles. The Morgan fingerprint density at radius 3 is 2.27 bits per heavy atom. The van der Waals surface area contributed by atoms with Gasteiger partial charge < -0.3 is 16.6 Å². The third-order valence-electron chi connectivity index (χ3n) is 1.24. The van der Waals surface area contributed by atoms with Crippen LogP contribution in [-0.2, 0) is 4.79 Å². The van der Waals surface area contributed by atoms with Crippen LogP contribution in [0.3, 0.4) is 0 Å². The molecule has 0 amide bonds. The Kier molecular flexibility index (Phi) is 2.86. The van der Waals surface area contributed by atoms with E-state index >= 15 is 0 Å². The molecular weight excluding hydrogens is 146 g/mol. The molecule has 0 saturated heterocycles. The summed E-state index contributed by atoms with van der Waals surface area (Å²) in [6.45, 7) is 3.22. The molecule has 11 heavy (non-hydrogen) atoms. The van der Waals surface area contributed by atoms with E-state index in [1.807, 2.05) is 0 Å². The fourth-order valence-electron chi connectivity index (χ4n) is 0.357. The third kappa shape index (κ3) is 3.44. The zero-order chi connectivity index (χ0) is 9.07. The Hall–Kier alpha value is -1.26. The first kappa shape index (κ1) is 9.74. The maximum atomic E-state index is 10.5. The molecule has 5 heteroatoms. The minimum Gasteiger partial charge on any atom is -0.481 e. The summed E-state index contributed by atoms with van der Waals surface area (Å²) >= 11 is 0. The number of carbonyl (C=O) groups is 1. The van der Waals surface area contributed by atoms with Gasteiger partial charge in [-0.05, 0) is 13.8 Å². The lowest BCUT2D eigenvalue weighted by Crippen LogP contribution is -2.30. The highest BCUT2D eigenvalue weighted by atomic mass is 16.4. The van der Waals surface area contributed by atoms with Crippen LogP contribution in [0.2, 0.25) is 0 Å². The maximum absolute atomic E-state index is 10.5. The van der Waals surface area contributed by atoms with E-state index in [1.54, 1.807) is 13.8 Å². The maximum Gasteiger partial charge on any atom is 0.310 e. The van der Waals surface area contributed by atoms with Gasteiger partial charge in [-0.2, -0.15) is 0 Å². The molecule has 0 aromatic carbocycles. The number of carboxylic acids is 1. The lowest BCUT2D eigenvalue weighted by atomic mass is 9.94. The van der Waals surface area contributed by atoms with E-state index in [0.29, 0.717) is 0 Å². The molecule has 0 aliphatic heterocycles. The summed E-state index contributed by atoms with van der Waals surface area (Å²) in [6, 6.07) is 0. The highest BCUT2D eigenvalue weighted by molar-refractivity contribution is 5.77. The summed E-state index contributed by atoms with van der Waals surface area (Å²) in [5.41, 5.74) is 9.17. The van der Waals surface area contributed by atoms with Crippen molar-refractivity contribution in [1.82, 2.24) is 0 Å². The summed E-state index contributed by atoms with van der Waals surface area (Å²) in [5.74, 6) is -0.998. The molecule has 64 valence electrons. The fourth-order valence-corrected chi connectivity index (χ4v) is 0.357. The van der Waals surface area contributed by atoms with Crippen molar-refractivity contribution in [3.05, 3.63) is 0 Å². The summed E-state index contributed by atoms with van der Waals surface area (Å²) in [5, 5.41) is 8.60. The zero-order valence-electron chi connectivity index (χ0n) is 6.66. The van der Waals surface area contributed by atoms with Gasteiger partial charge in [-0.3, -0.25) is 9.79 Å². The summed E-state index contributed by atoms with van der Waals surface area (Å²) < 4.78 is 0. The predicted molar refractivity (Wildman–Crippen MR) is 42.1 cm³/mol. The Morgan fingerprint density at radius 2 is 2.00 bits per heavy atom. The quantitative estimate of drug-likeness (QED) is 0.377. The monoisotopic (exact) mass is 159 g/mol. The van der Waals surface area contributed by atoms with Crippen molar-refractivity contribution in [2.45, 2.75) is 13.8 Å². The van der Waals surface area contributed by atoms with Crippen LogP contribution in [0.1, 0.15) is 13.8 Å². The molecular formula is C6H13N3O2. The molecule has 0 bridgehead atoms. The number of nitrogens with two attached hydrogens (primary N) is 2. The van der Waals surface area contributed by atoms with Crippen LogP contribution in [0, 0.1) is 5.41 Å². The van der Waals surface area contributed by atoms with Crippen LogP contribution < -0.4 is 11.5 Å². The standard InChI is InChI=1S/C6H13N3O2/c1-6(2,4(10)11)3-9-5(7)8/h3H2,1-2H3,(H,10,11)(H4,7,8,9). The lowest BCUT2D eigenvalue weighted by molar-refractivity contribution is -0.146. The zero-order valence-corrected chi connectivity index (χ0v) is 6.66. The number of guanidine groups is 1. The van der Waals surface area contributed by atoms with Crippen molar-refractivity contribution in [2.75, 3.05) is 6.54 Å². The molecule has 0 unspecified atom stereocenters. The Balaban J connectivity index is 4.14. The summed E-state index contributed by atoms with van der Waals surface area (Å²) in [7, 11) is 0. The first-order chi connectivity index (χ1) is 4.86. The minimum absolute atomic E-state index is 0.0840. The summed E-state index contributed by atoms with van der Waals surface area (Å²) in [6.07, 6.45) is 0. The van der Waals surface area contributed by atoms with E-state index in [2.05, 4.69) is 4.99 Å². The van der Waals surface area contributed by atoms with Gasteiger partial charge in [-0.25, -0.2) is 0 Å². The van der Waals surface area contributed by atoms with E-state index in [4.69, 9.17) is 16.6 Å². The SMILES string of the molecule is CC(C)(CN=C(N)N)C(=O)O. The molecule has 0 aromatic rings. The van der Waals surface area contributed by atoms with Crippen molar-refractivity contribution >= 4 is 11.9 Å². The Labute approximate surface area is 65.1 Å². The molecule has 0 fully saturated rings. The number of aliphatic carboxylic acids is 1. The molecule has 0 rings (SSSR count). The molecule has 0 spiro atoms. The lowest BCUT2D eigenvalue weighted by Gasteiger charge is -2.15. The molecule has 5 N–H and O–H groups in total. The van der Waals surface area contributed by atoms with Crippen LogP contribution in [-0.4, -0.2) is 23.6 Å². The number of aliphatic imine (C=N–C) groups is 1. The first-order valence-electron chi connectivity index (χ1n) is 3.15. The average Bonchev–Trinajstić information content (AvgIpc) is 1.84. The van der Waals surface area contributed by atoms with Crippen LogP contribution in [0.15, 0.2) is 4.99 Å². The molecule has 0 radical (unpaired) electrons. The van der Waals surface area contributed by atoms with Gasteiger partial charge >= 0.3 is 5.97 Å². The average molecular weight is 159 g/mol. The molecule has 0 aliphatic carbocycles. The molecule has 0 saturated carbocycles. The van der Waals surface area contributed by atoms with Gasteiger partial charge in [0, 0.05) is 0 Å². The van der Waals surface area contributed by atoms with E-state index in [0.717, 1.165) is 0 Å². The number of carboxylic acid groups (broad SMARTS) is 1. The van der Waals surface area contributed by atoms with Crippen LogP contribution >= 0.6 is 0 Å². The predicted octanol–water partition coefficient (Wildman–Crippen LogP) is -0.629. The highest BCUT2D eigenvalue weighted by Gasteiger charge is 2.26.